The largest absolute Gasteiger partial charge is 0.346 e. The summed E-state index contributed by atoms with van der Waals surface area (Å²) >= 11 is 0. The zero-order valence-electron chi connectivity index (χ0n) is 14.6. The predicted molar refractivity (Wildman–Crippen MR) is 103 cm³/mol. The highest BCUT2D eigenvalue weighted by Crippen LogP contribution is 2.39. The van der Waals surface area contributed by atoms with Crippen molar-refractivity contribution in [2.24, 2.45) is 0 Å². The van der Waals surface area contributed by atoms with Crippen molar-refractivity contribution in [1.82, 2.24) is 19.7 Å². The van der Waals surface area contributed by atoms with Crippen molar-refractivity contribution < 1.29 is 4.79 Å². The number of hydrogen-bond acceptors (Lipinski definition) is 3. The number of benzene rings is 1. The molecule has 134 valence electrons. The average Bonchev–Trinajstić information content (AvgIpc) is 3.46. The Morgan fingerprint density at radius 3 is 2.85 bits per heavy atom. The second kappa shape index (κ2) is 6.09. The molecule has 0 unspecified atom stereocenters. The fourth-order valence-corrected chi connectivity index (χ4v) is 3.44. The number of carbonyl (C=O) groups excluding carboxylic acids is 1. The first-order valence-electron chi connectivity index (χ1n) is 9.07. The third kappa shape index (κ3) is 2.79. The zero-order valence-corrected chi connectivity index (χ0v) is 14.6. The summed E-state index contributed by atoms with van der Waals surface area (Å²) in [7, 11) is 0. The maximum atomic E-state index is 12.8. The number of pyridine rings is 2. The Morgan fingerprint density at radius 2 is 2.00 bits per heavy atom. The van der Waals surface area contributed by atoms with Crippen LogP contribution in [-0.2, 0) is 6.54 Å². The molecule has 1 amide bonds. The molecule has 3 aromatic heterocycles. The topological polar surface area (TPSA) is 79.3 Å². The van der Waals surface area contributed by atoms with E-state index in [1.807, 2.05) is 59.1 Å². The smallest absolute Gasteiger partial charge is 0.272 e. The van der Waals surface area contributed by atoms with Gasteiger partial charge < -0.3 is 14.7 Å². The predicted octanol–water partition coefficient (Wildman–Crippen LogP) is 2.98. The van der Waals surface area contributed by atoms with Crippen LogP contribution in [0.1, 0.15) is 40.6 Å². The molecular formula is C21H18N4O2. The number of para-hydroxylation sites is 1. The number of fused-ring (bicyclic) bond motifs is 2. The first-order valence-corrected chi connectivity index (χ1v) is 9.07. The summed E-state index contributed by atoms with van der Waals surface area (Å²) in [5.41, 5.74) is 2.32. The Balaban J connectivity index is 1.44. The molecular weight excluding hydrogens is 340 g/mol. The molecule has 0 aliphatic heterocycles. The number of H-pyrrole nitrogens is 1. The van der Waals surface area contributed by atoms with Crippen LogP contribution >= 0.6 is 0 Å². The summed E-state index contributed by atoms with van der Waals surface area (Å²) in [4.78, 5) is 32.5. The first kappa shape index (κ1) is 15.8. The molecule has 1 saturated carbocycles. The minimum atomic E-state index is -0.266. The molecule has 6 heteroatoms. The first-order chi connectivity index (χ1) is 13.2. The molecule has 1 aromatic carbocycles. The van der Waals surface area contributed by atoms with Gasteiger partial charge in [0.1, 0.15) is 5.82 Å². The van der Waals surface area contributed by atoms with Crippen molar-refractivity contribution in [2.45, 2.75) is 25.3 Å². The quantitative estimate of drug-likeness (QED) is 0.589. The third-order valence-corrected chi connectivity index (χ3v) is 5.00. The maximum absolute atomic E-state index is 12.8. The van der Waals surface area contributed by atoms with Gasteiger partial charge in [-0.05, 0) is 42.5 Å². The Bertz CT molecular complexity index is 1230. The van der Waals surface area contributed by atoms with Crippen molar-refractivity contribution in [1.29, 1.82) is 0 Å². The second-order valence-electron chi connectivity index (χ2n) is 6.94. The number of nitrogens with zero attached hydrogens (tertiary/aromatic N) is 2. The van der Waals surface area contributed by atoms with Crippen molar-refractivity contribution >= 4 is 22.3 Å². The molecule has 0 saturated heterocycles. The van der Waals surface area contributed by atoms with Gasteiger partial charge in [-0.1, -0.05) is 24.3 Å². The summed E-state index contributed by atoms with van der Waals surface area (Å²) < 4.78 is 2.00. The summed E-state index contributed by atoms with van der Waals surface area (Å²) in [6.45, 7) is 0.156. The molecule has 3 heterocycles. The Morgan fingerprint density at radius 1 is 1.19 bits per heavy atom. The van der Waals surface area contributed by atoms with Crippen LogP contribution in [0.3, 0.4) is 0 Å². The summed E-state index contributed by atoms with van der Waals surface area (Å²) in [6, 6.07) is 15.1. The molecule has 2 N–H and O–H groups in total. The van der Waals surface area contributed by atoms with Gasteiger partial charge in [-0.15, -0.1) is 0 Å². The number of amides is 1. The number of nitrogens with one attached hydrogen (secondary N) is 2. The van der Waals surface area contributed by atoms with E-state index in [0.29, 0.717) is 17.2 Å². The molecule has 5 rings (SSSR count). The van der Waals surface area contributed by atoms with E-state index < -0.39 is 0 Å². The number of aromatic nitrogens is 3. The van der Waals surface area contributed by atoms with Crippen LogP contribution in [0.25, 0.3) is 16.4 Å². The molecule has 0 radical (unpaired) electrons. The Hall–Kier alpha value is -3.41. The van der Waals surface area contributed by atoms with E-state index in [9.17, 15) is 9.59 Å². The van der Waals surface area contributed by atoms with Gasteiger partial charge in [0, 0.05) is 29.7 Å². The van der Waals surface area contributed by atoms with Crippen LogP contribution in [0.15, 0.2) is 59.5 Å². The summed E-state index contributed by atoms with van der Waals surface area (Å²) in [5.74, 6) is 1.11. The van der Waals surface area contributed by atoms with Gasteiger partial charge in [0.2, 0.25) is 0 Å². The SMILES string of the molecule is O=C(NCc1cc2ccccc2[nH]c1=O)c1nc(C2CC2)n2ccccc12. The van der Waals surface area contributed by atoms with Crippen LogP contribution in [0.4, 0.5) is 0 Å². The molecule has 1 aliphatic carbocycles. The highest BCUT2D eigenvalue weighted by atomic mass is 16.2. The number of hydrogen-bond donors (Lipinski definition) is 2. The van der Waals surface area contributed by atoms with Crippen molar-refractivity contribution in [3.8, 4) is 0 Å². The standard InChI is InChI=1S/C21H18N4O2/c26-20-15(11-14-5-1-2-6-16(14)23-20)12-22-21(27)18-17-7-3-4-10-25(17)19(24-18)13-8-9-13/h1-7,10-11,13H,8-9,12H2,(H,22,27)(H,23,26). The highest BCUT2D eigenvalue weighted by molar-refractivity contribution is 5.99. The van der Waals surface area contributed by atoms with Crippen LogP contribution in [0.2, 0.25) is 0 Å². The highest BCUT2D eigenvalue weighted by Gasteiger charge is 2.30. The van der Waals surface area contributed by atoms with E-state index in [4.69, 9.17) is 0 Å². The molecule has 4 aromatic rings. The van der Waals surface area contributed by atoms with E-state index in [-0.39, 0.29) is 18.0 Å². The lowest BCUT2D eigenvalue weighted by Gasteiger charge is -2.05. The average molecular weight is 358 g/mol. The lowest BCUT2D eigenvalue weighted by Crippen LogP contribution is -2.27. The molecule has 0 bridgehead atoms. The van der Waals surface area contributed by atoms with Gasteiger partial charge in [0.25, 0.3) is 11.5 Å². The molecule has 1 fully saturated rings. The van der Waals surface area contributed by atoms with E-state index in [2.05, 4.69) is 15.3 Å². The Kier molecular flexibility index (Phi) is 3.57. The van der Waals surface area contributed by atoms with Crippen LogP contribution < -0.4 is 10.9 Å². The molecule has 0 atom stereocenters. The van der Waals surface area contributed by atoms with E-state index >= 15 is 0 Å². The number of aromatic amines is 1. The second-order valence-corrected chi connectivity index (χ2v) is 6.94. The normalized spacial score (nSPS) is 13.9. The third-order valence-electron chi connectivity index (χ3n) is 5.00. The lowest BCUT2D eigenvalue weighted by atomic mass is 10.1. The molecule has 1 aliphatic rings. The van der Waals surface area contributed by atoms with E-state index in [0.717, 1.165) is 35.1 Å². The lowest BCUT2D eigenvalue weighted by molar-refractivity contribution is 0.0948. The summed E-state index contributed by atoms with van der Waals surface area (Å²) in [5, 5.41) is 3.79. The van der Waals surface area contributed by atoms with Crippen molar-refractivity contribution in [3.63, 3.8) is 0 Å². The van der Waals surface area contributed by atoms with E-state index in [1.54, 1.807) is 0 Å². The minimum Gasteiger partial charge on any atom is -0.346 e. The van der Waals surface area contributed by atoms with Crippen molar-refractivity contribution in [3.05, 3.63) is 82.2 Å². The van der Waals surface area contributed by atoms with Gasteiger partial charge in [0.05, 0.1) is 5.52 Å². The maximum Gasteiger partial charge on any atom is 0.272 e. The Labute approximate surface area is 154 Å². The van der Waals surface area contributed by atoms with Gasteiger partial charge in [0.15, 0.2) is 5.69 Å². The van der Waals surface area contributed by atoms with Crippen LogP contribution in [-0.4, -0.2) is 20.3 Å². The number of carbonyl (C=O) groups is 1. The molecule has 0 spiro atoms. The number of rotatable bonds is 4. The number of imidazole rings is 1. The van der Waals surface area contributed by atoms with Crippen LogP contribution in [0.5, 0.6) is 0 Å². The fraction of sp³-hybridized carbons (Fsp3) is 0.190. The monoisotopic (exact) mass is 358 g/mol. The van der Waals surface area contributed by atoms with Gasteiger partial charge in [-0.3, -0.25) is 9.59 Å². The van der Waals surface area contributed by atoms with Gasteiger partial charge in [-0.2, -0.15) is 0 Å². The summed E-state index contributed by atoms with van der Waals surface area (Å²) in [6.07, 6.45) is 4.17. The van der Waals surface area contributed by atoms with Gasteiger partial charge >= 0.3 is 0 Å². The van der Waals surface area contributed by atoms with Gasteiger partial charge in [-0.25, -0.2) is 4.98 Å². The van der Waals surface area contributed by atoms with Crippen molar-refractivity contribution in [2.75, 3.05) is 0 Å². The van der Waals surface area contributed by atoms with E-state index in [1.165, 1.54) is 0 Å². The van der Waals surface area contributed by atoms with Crippen LogP contribution in [0, 0.1) is 0 Å². The zero-order chi connectivity index (χ0) is 18.4. The molecule has 27 heavy (non-hydrogen) atoms. The minimum absolute atomic E-state index is 0.156. The fourth-order valence-electron chi connectivity index (χ4n) is 3.44. The molecule has 6 nitrogen and oxygen atoms in total.